The summed E-state index contributed by atoms with van der Waals surface area (Å²) in [4.78, 5) is 16.2. The molecule has 9 nitrogen and oxygen atoms in total. The fourth-order valence-electron chi connectivity index (χ4n) is 3.51. The second-order valence-corrected chi connectivity index (χ2v) is 9.37. The van der Waals surface area contributed by atoms with E-state index in [1.165, 1.54) is 12.1 Å². The number of hydrogen-bond acceptors (Lipinski definition) is 6. The van der Waals surface area contributed by atoms with Crippen molar-refractivity contribution >= 4 is 21.7 Å². The van der Waals surface area contributed by atoms with Gasteiger partial charge in [0.05, 0.1) is 24.2 Å². The van der Waals surface area contributed by atoms with Crippen LogP contribution in [0.1, 0.15) is 31.2 Å². The van der Waals surface area contributed by atoms with Crippen LogP contribution in [-0.4, -0.2) is 51.9 Å². The van der Waals surface area contributed by atoms with Crippen LogP contribution in [0.3, 0.4) is 0 Å². The van der Waals surface area contributed by atoms with Crippen LogP contribution in [0.15, 0.2) is 53.7 Å². The Morgan fingerprint density at radius 3 is 2.50 bits per heavy atom. The first kappa shape index (κ1) is 24.1. The number of aromatic nitrogens is 1. The van der Waals surface area contributed by atoms with E-state index >= 15 is 0 Å². The van der Waals surface area contributed by atoms with E-state index in [1.54, 1.807) is 37.7 Å². The van der Waals surface area contributed by atoms with E-state index in [-0.39, 0.29) is 23.1 Å². The Labute approximate surface area is 189 Å². The summed E-state index contributed by atoms with van der Waals surface area (Å²) in [5.74, 6) is 0. The van der Waals surface area contributed by atoms with Gasteiger partial charge in [-0.05, 0) is 61.6 Å². The van der Waals surface area contributed by atoms with E-state index in [0.29, 0.717) is 25.4 Å². The van der Waals surface area contributed by atoms with Gasteiger partial charge in [-0.3, -0.25) is 4.98 Å². The van der Waals surface area contributed by atoms with E-state index in [9.17, 15) is 13.2 Å². The maximum absolute atomic E-state index is 12.7. The normalized spacial score (nSPS) is 18.8. The fraction of sp³-hybridized carbons (Fsp3) is 0.455. The molecular formula is C22H30N4O5S. The van der Waals surface area contributed by atoms with Gasteiger partial charge in [-0.25, -0.2) is 17.9 Å². The molecule has 0 unspecified atom stereocenters. The minimum atomic E-state index is -3.64. The van der Waals surface area contributed by atoms with Crippen molar-refractivity contribution in [2.24, 2.45) is 0 Å². The van der Waals surface area contributed by atoms with Crippen LogP contribution in [0, 0.1) is 0 Å². The van der Waals surface area contributed by atoms with Gasteiger partial charge in [0.25, 0.3) is 0 Å². The van der Waals surface area contributed by atoms with Gasteiger partial charge in [-0.2, -0.15) is 0 Å². The largest absolute Gasteiger partial charge is 0.382 e. The number of rotatable bonds is 10. The summed E-state index contributed by atoms with van der Waals surface area (Å²) >= 11 is 0. The third kappa shape index (κ3) is 7.56. The molecule has 0 radical (unpaired) electrons. The van der Waals surface area contributed by atoms with E-state index in [1.807, 2.05) is 6.07 Å². The molecule has 32 heavy (non-hydrogen) atoms. The molecule has 1 aliphatic rings. The maximum atomic E-state index is 12.7. The van der Waals surface area contributed by atoms with Gasteiger partial charge in [-0.1, -0.05) is 6.07 Å². The molecule has 1 heterocycles. The second kappa shape index (κ2) is 11.9. The van der Waals surface area contributed by atoms with Gasteiger partial charge < -0.3 is 20.1 Å². The van der Waals surface area contributed by atoms with Crippen LogP contribution in [0.5, 0.6) is 0 Å². The molecule has 2 aromatic rings. The van der Waals surface area contributed by atoms with Crippen molar-refractivity contribution in [3.05, 3.63) is 54.4 Å². The lowest BCUT2D eigenvalue weighted by molar-refractivity contribution is -0.00317. The van der Waals surface area contributed by atoms with Crippen LogP contribution in [0.4, 0.5) is 10.5 Å². The number of hydrogen-bond donors (Lipinski definition) is 3. The number of carbonyl (C=O) groups excluding carboxylic acids is 1. The number of anilines is 1. The van der Waals surface area contributed by atoms with Gasteiger partial charge in [0, 0.05) is 37.8 Å². The van der Waals surface area contributed by atoms with Crippen LogP contribution in [-0.2, 0) is 26.0 Å². The summed E-state index contributed by atoms with van der Waals surface area (Å²) in [7, 11) is -2.00. The number of benzene rings is 1. The molecule has 2 amide bonds. The number of ether oxygens (including phenoxy) is 2. The van der Waals surface area contributed by atoms with E-state index in [0.717, 1.165) is 31.2 Å². The second-order valence-electron chi connectivity index (χ2n) is 7.65. The number of pyridine rings is 1. The average Bonchev–Trinajstić information content (AvgIpc) is 2.80. The Morgan fingerprint density at radius 1 is 1.09 bits per heavy atom. The van der Waals surface area contributed by atoms with Gasteiger partial charge >= 0.3 is 6.03 Å². The maximum Gasteiger partial charge on any atom is 0.319 e. The Bertz CT molecular complexity index is 946. The third-order valence-corrected chi connectivity index (χ3v) is 6.77. The van der Waals surface area contributed by atoms with Gasteiger partial charge in [0.15, 0.2) is 0 Å². The van der Waals surface area contributed by atoms with Crippen LogP contribution in [0.2, 0.25) is 0 Å². The number of methoxy groups -OCH3 is 1. The molecule has 1 fully saturated rings. The lowest BCUT2D eigenvalue weighted by Gasteiger charge is -2.29. The van der Waals surface area contributed by atoms with Crippen LogP contribution < -0.4 is 15.4 Å². The molecule has 1 aromatic heterocycles. The Hall–Kier alpha value is -2.53. The van der Waals surface area contributed by atoms with Crippen molar-refractivity contribution in [3.8, 4) is 0 Å². The highest BCUT2D eigenvalue weighted by molar-refractivity contribution is 7.89. The quantitative estimate of drug-likeness (QED) is 0.467. The predicted octanol–water partition coefficient (Wildman–Crippen LogP) is 2.66. The Morgan fingerprint density at radius 2 is 1.84 bits per heavy atom. The first-order valence-electron chi connectivity index (χ1n) is 10.6. The summed E-state index contributed by atoms with van der Waals surface area (Å²) in [6.07, 6.45) is 6.58. The minimum absolute atomic E-state index is 0.113. The topological polar surface area (TPSA) is 119 Å². The molecule has 0 saturated heterocycles. The standard InChI is InChI=1S/C22H30N4O5S/c1-30-13-14-31-20-8-4-19(5-9-20)26-32(28,29)21-10-6-18(7-11-21)25-22(27)24-16-17-3-2-12-23-15-17/h2-3,6-7,10-12,15,19-20,26H,4-5,8-9,13-14,16H2,1H3,(H2,24,25,27). The molecule has 0 aliphatic heterocycles. The smallest absolute Gasteiger partial charge is 0.319 e. The molecular weight excluding hydrogens is 432 g/mol. The number of amides is 2. The molecule has 1 saturated carbocycles. The molecule has 3 rings (SSSR count). The molecule has 1 aromatic carbocycles. The van der Waals surface area contributed by atoms with Crippen molar-refractivity contribution in [1.82, 2.24) is 15.0 Å². The van der Waals surface area contributed by atoms with Crippen molar-refractivity contribution < 1.29 is 22.7 Å². The summed E-state index contributed by atoms with van der Waals surface area (Å²) in [6, 6.07) is 9.27. The highest BCUT2D eigenvalue weighted by Crippen LogP contribution is 2.23. The zero-order valence-electron chi connectivity index (χ0n) is 18.1. The van der Waals surface area contributed by atoms with Crippen molar-refractivity contribution in [1.29, 1.82) is 0 Å². The van der Waals surface area contributed by atoms with E-state index in [4.69, 9.17) is 9.47 Å². The molecule has 1 aliphatic carbocycles. The number of nitrogens with one attached hydrogen (secondary N) is 3. The van der Waals surface area contributed by atoms with E-state index < -0.39 is 10.0 Å². The Balaban J connectivity index is 1.45. The average molecular weight is 463 g/mol. The van der Waals surface area contributed by atoms with Crippen LogP contribution >= 0.6 is 0 Å². The molecule has 0 spiro atoms. The molecule has 3 N–H and O–H groups in total. The first-order valence-corrected chi connectivity index (χ1v) is 12.1. The van der Waals surface area contributed by atoms with E-state index in [2.05, 4.69) is 20.3 Å². The fourth-order valence-corrected chi connectivity index (χ4v) is 4.82. The number of sulfonamides is 1. The SMILES string of the molecule is COCCOC1CCC(NS(=O)(=O)c2ccc(NC(=O)NCc3cccnc3)cc2)CC1. The molecule has 0 atom stereocenters. The monoisotopic (exact) mass is 462 g/mol. The van der Waals surface area contributed by atoms with Gasteiger partial charge in [-0.15, -0.1) is 0 Å². The lowest BCUT2D eigenvalue weighted by Crippen LogP contribution is -2.39. The number of urea groups is 1. The van der Waals surface area contributed by atoms with Gasteiger partial charge in [0.2, 0.25) is 10.0 Å². The zero-order valence-corrected chi connectivity index (χ0v) is 18.9. The lowest BCUT2D eigenvalue weighted by atomic mass is 9.94. The molecule has 174 valence electrons. The van der Waals surface area contributed by atoms with Crippen molar-refractivity contribution in [2.45, 2.75) is 49.3 Å². The van der Waals surface area contributed by atoms with Crippen molar-refractivity contribution in [3.63, 3.8) is 0 Å². The highest BCUT2D eigenvalue weighted by Gasteiger charge is 2.26. The predicted molar refractivity (Wildman–Crippen MR) is 121 cm³/mol. The summed E-state index contributed by atoms with van der Waals surface area (Å²) < 4.78 is 38.9. The van der Waals surface area contributed by atoms with Crippen molar-refractivity contribution in [2.75, 3.05) is 25.6 Å². The van der Waals surface area contributed by atoms with Crippen LogP contribution in [0.25, 0.3) is 0 Å². The summed E-state index contributed by atoms with van der Waals surface area (Å²) in [6.45, 7) is 1.46. The zero-order chi connectivity index (χ0) is 22.8. The van der Waals surface area contributed by atoms with Gasteiger partial charge in [0.1, 0.15) is 0 Å². The Kier molecular flexibility index (Phi) is 8.98. The summed E-state index contributed by atoms with van der Waals surface area (Å²) in [5.41, 5.74) is 1.38. The third-order valence-electron chi connectivity index (χ3n) is 5.24. The number of carbonyl (C=O) groups is 1. The highest BCUT2D eigenvalue weighted by atomic mass is 32.2. The summed E-state index contributed by atoms with van der Waals surface area (Å²) in [5, 5.41) is 5.42. The first-order chi connectivity index (χ1) is 15.5. The number of nitrogens with zero attached hydrogens (tertiary/aromatic N) is 1. The molecule has 10 heteroatoms. The minimum Gasteiger partial charge on any atom is -0.382 e. The molecule has 0 bridgehead atoms.